The van der Waals surface area contributed by atoms with E-state index in [0.29, 0.717) is 5.56 Å². The number of ketones is 2. The molecule has 0 saturated heterocycles. The van der Waals surface area contributed by atoms with Crippen molar-refractivity contribution >= 4 is 23.2 Å². The molecule has 34 heavy (non-hydrogen) atoms. The Kier molecular flexibility index (Phi) is 5.46. The normalized spacial score (nSPS) is 28.6. The van der Waals surface area contributed by atoms with Gasteiger partial charge >= 0.3 is 0 Å². The van der Waals surface area contributed by atoms with Gasteiger partial charge in [0.25, 0.3) is 5.91 Å². The van der Waals surface area contributed by atoms with Gasteiger partial charge in [-0.05, 0) is 38.9 Å². The van der Waals surface area contributed by atoms with Crippen LogP contribution in [0, 0.1) is 11.8 Å². The number of nitrogens with zero attached hydrogens (tertiary/aromatic N) is 1. The fraction of sp³-hybridized carbons (Fsp3) is 0.435. The molecule has 7 N–H and O–H groups in total. The highest BCUT2D eigenvalue weighted by Gasteiger charge is 2.64. The molecule has 0 radical (unpaired) electrons. The Balaban J connectivity index is 2.00. The molecule has 4 atom stereocenters. The van der Waals surface area contributed by atoms with Crippen molar-refractivity contribution in [3.8, 4) is 11.5 Å². The minimum atomic E-state index is -2.69. The van der Waals surface area contributed by atoms with E-state index < -0.39 is 70.4 Å². The maximum absolute atomic E-state index is 13.7. The smallest absolute Gasteiger partial charge is 0.255 e. The molecular weight excluding hydrogens is 448 g/mol. The van der Waals surface area contributed by atoms with Crippen molar-refractivity contribution in [2.45, 2.75) is 31.1 Å². The van der Waals surface area contributed by atoms with Gasteiger partial charge in [0, 0.05) is 22.6 Å². The molecule has 3 aliphatic carbocycles. The van der Waals surface area contributed by atoms with Crippen LogP contribution in [0.5, 0.6) is 11.5 Å². The number of hydrogen-bond donors (Lipinski definition) is 6. The van der Waals surface area contributed by atoms with Gasteiger partial charge in [0.05, 0.1) is 25.3 Å². The predicted octanol–water partition coefficient (Wildman–Crippen LogP) is -0.535. The minimum absolute atomic E-state index is 0.0287. The highest BCUT2D eigenvalue weighted by Crippen LogP contribution is 2.54. The summed E-state index contributed by atoms with van der Waals surface area (Å²) < 4.78 is 5.40. The molecule has 0 aromatic heterocycles. The van der Waals surface area contributed by atoms with Crippen LogP contribution >= 0.6 is 0 Å². The summed E-state index contributed by atoms with van der Waals surface area (Å²) >= 11 is 0. The average Bonchev–Trinajstić information content (AvgIpc) is 2.75. The van der Waals surface area contributed by atoms with E-state index in [0.717, 1.165) is 0 Å². The number of aliphatic hydroxyl groups is 4. The highest BCUT2D eigenvalue weighted by molar-refractivity contribution is 6.24. The lowest BCUT2D eigenvalue weighted by Crippen LogP contribution is -2.65. The number of fused-ring (bicyclic) bond motifs is 3. The number of phenolic OH excluding ortho intramolecular Hbond substituents is 1. The molecule has 0 spiro atoms. The van der Waals surface area contributed by atoms with Crippen LogP contribution in [0.25, 0.3) is 5.76 Å². The second-order valence-electron chi connectivity index (χ2n) is 9.06. The molecule has 1 saturated carbocycles. The zero-order valence-corrected chi connectivity index (χ0v) is 18.8. The summed E-state index contributed by atoms with van der Waals surface area (Å²) in [5, 5.41) is 53.6. The van der Waals surface area contributed by atoms with E-state index in [-0.39, 0.29) is 35.3 Å². The fourth-order valence-corrected chi connectivity index (χ4v) is 5.73. The van der Waals surface area contributed by atoms with Crippen LogP contribution in [0.15, 0.2) is 23.0 Å². The van der Waals surface area contributed by atoms with E-state index in [1.54, 1.807) is 0 Å². The number of methoxy groups -OCH3 is 1. The molecule has 3 aliphatic rings. The minimum Gasteiger partial charge on any atom is -0.508 e. The molecule has 4 rings (SSSR count). The summed E-state index contributed by atoms with van der Waals surface area (Å²) in [6, 6.07) is 0.0419. The van der Waals surface area contributed by atoms with Gasteiger partial charge in [-0.2, -0.15) is 0 Å². The number of Topliss-reactive ketones (excluding diaryl/α,β-unsaturated/α-hetero) is 2. The van der Waals surface area contributed by atoms with Crippen LogP contribution in [0.1, 0.15) is 23.1 Å². The average molecular weight is 474 g/mol. The number of phenols is 1. The van der Waals surface area contributed by atoms with Crippen LogP contribution in [-0.4, -0.2) is 80.8 Å². The van der Waals surface area contributed by atoms with Gasteiger partial charge in [0.2, 0.25) is 5.78 Å². The van der Waals surface area contributed by atoms with Gasteiger partial charge in [-0.1, -0.05) is 0 Å². The number of carbonyl (C=O) groups excluding carboxylic acids is 3. The summed E-state index contributed by atoms with van der Waals surface area (Å²) in [6.07, 6.45) is 0.0537. The number of rotatable bonds is 4. The molecule has 1 amide bonds. The van der Waals surface area contributed by atoms with Gasteiger partial charge < -0.3 is 36.0 Å². The lowest BCUT2D eigenvalue weighted by molar-refractivity contribution is -0.153. The molecule has 0 heterocycles. The van der Waals surface area contributed by atoms with Gasteiger partial charge in [-0.3, -0.25) is 19.3 Å². The molecule has 11 heteroatoms. The van der Waals surface area contributed by atoms with Gasteiger partial charge in [-0.25, -0.2) is 0 Å². The Hall–Kier alpha value is -3.41. The second kappa shape index (κ2) is 7.83. The Morgan fingerprint density at radius 2 is 1.91 bits per heavy atom. The first-order valence-electron chi connectivity index (χ1n) is 10.6. The molecule has 1 fully saturated rings. The summed E-state index contributed by atoms with van der Waals surface area (Å²) in [4.78, 5) is 40.1. The standard InChI is InChI=1S/C23H26N2O9/c1-25(2)16-11-5-8-4-10-14(12(27)6-9(7-26)19(10)34-3)17(28)13(8)20(30)23(11,33)21(31)15(18(16)29)22(24)32/h6,8,11,16,26-28,31,33H,4-5,7H2,1-3H3,(H2,24,32)/t8-,11-,16-,23-/m0/s1. The maximum atomic E-state index is 13.7. The molecule has 1 aromatic carbocycles. The number of primary amides is 1. The number of likely N-dealkylation sites (N-methyl/N-ethyl adjacent to an activating group) is 1. The van der Waals surface area contributed by atoms with E-state index >= 15 is 0 Å². The van der Waals surface area contributed by atoms with Gasteiger partial charge in [-0.15, -0.1) is 0 Å². The third-order valence-electron chi connectivity index (χ3n) is 7.12. The lowest BCUT2D eigenvalue weighted by atomic mass is 9.57. The SMILES string of the molecule is COc1c(CO)cc(O)c2c1C[C@H]1C[C@H]3[C@H](N(C)C)C(=O)C(C(N)=O)=C(O)[C@@]3(O)C(=O)C1=C2O. The van der Waals surface area contributed by atoms with E-state index in [9.17, 15) is 39.9 Å². The molecular formula is C23H26N2O9. The lowest BCUT2D eigenvalue weighted by Gasteiger charge is -2.50. The molecule has 0 unspecified atom stereocenters. The van der Waals surface area contributed by atoms with Crippen LogP contribution in [-0.2, 0) is 27.4 Å². The topological polar surface area (TPSA) is 191 Å². The summed E-state index contributed by atoms with van der Waals surface area (Å²) in [6.45, 7) is -0.445. The third kappa shape index (κ3) is 2.90. The van der Waals surface area contributed by atoms with Crippen LogP contribution < -0.4 is 10.5 Å². The Labute approximate surface area is 194 Å². The largest absolute Gasteiger partial charge is 0.508 e. The van der Waals surface area contributed by atoms with Crippen molar-refractivity contribution in [3.63, 3.8) is 0 Å². The molecule has 11 nitrogen and oxygen atoms in total. The number of aromatic hydroxyl groups is 1. The first kappa shape index (κ1) is 23.7. The first-order valence-corrected chi connectivity index (χ1v) is 10.6. The number of amides is 1. The van der Waals surface area contributed by atoms with E-state index in [4.69, 9.17) is 10.5 Å². The zero-order valence-electron chi connectivity index (χ0n) is 18.8. The number of hydrogen-bond acceptors (Lipinski definition) is 10. The highest BCUT2D eigenvalue weighted by atomic mass is 16.5. The van der Waals surface area contributed by atoms with Gasteiger partial charge in [0.1, 0.15) is 28.6 Å². The quantitative estimate of drug-likeness (QED) is 0.309. The number of aliphatic hydroxyl groups excluding tert-OH is 3. The number of nitrogens with two attached hydrogens (primary N) is 1. The Morgan fingerprint density at radius 1 is 1.26 bits per heavy atom. The Bertz CT molecular complexity index is 1200. The predicted molar refractivity (Wildman–Crippen MR) is 117 cm³/mol. The van der Waals surface area contributed by atoms with E-state index in [1.165, 1.54) is 32.2 Å². The number of benzene rings is 1. The number of carbonyl (C=O) groups is 3. The van der Waals surface area contributed by atoms with Crippen LogP contribution in [0.2, 0.25) is 0 Å². The summed E-state index contributed by atoms with van der Waals surface area (Å²) in [7, 11) is 4.42. The zero-order chi connectivity index (χ0) is 25.3. The molecule has 0 aliphatic heterocycles. The van der Waals surface area contributed by atoms with Gasteiger partial charge in [0.15, 0.2) is 11.4 Å². The van der Waals surface area contributed by atoms with E-state index in [1.807, 2.05) is 0 Å². The fourth-order valence-electron chi connectivity index (χ4n) is 5.73. The monoisotopic (exact) mass is 474 g/mol. The third-order valence-corrected chi connectivity index (χ3v) is 7.12. The van der Waals surface area contributed by atoms with Crippen molar-refractivity contribution in [2.24, 2.45) is 17.6 Å². The van der Waals surface area contributed by atoms with Crippen LogP contribution in [0.4, 0.5) is 0 Å². The van der Waals surface area contributed by atoms with Crippen molar-refractivity contribution in [2.75, 3.05) is 21.2 Å². The molecule has 182 valence electrons. The maximum Gasteiger partial charge on any atom is 0.255 e. The van der Waals surface area contributed by atoms with Crippen molar-refractivity contribution < 1.29 is 44.7 Å². The van der Waals surface area contributed by atoms with Crippen molar-refractivity contribution in [3.05, 3.63) is 39.7 Å². The second-order valence-corrected chi connectivity index (χ2v) is 9.06. The molecule has 0 bridgehead atoms. The van der Waals surface area contributed by atoms with Crippen molar-refractivity contribution in [1.82, 2.24) is 4.90 Å². The molecule has 1 aromatic rings. The van der Waals surface area contributed by atoms with E-state index in [2.05, 4.69) is 0 Å². The van der Waals surface area contributed by atoms with Crippen molar-refractivity contribution in [1.29, 1.82) is 0 Å². The summed E-state index contributed by atoms with van der Waals surface area (Å²) in [5.41, 5.74) is 2.04. The first-order chi connectivity index (χ1) is 15.9. The number of ether oxygens (including phenoxy) is 1. The Morgan fingerprint density at radius 3 is 2.44 bits per heavy atom. The van der Waals surface area contributed by atoms with Crippen LogP contribution in [0.3, 0.4) is 0 Å². The summed E-state index contributed by atoms with van der Waals surface area (Å²) in [5.74, 6) is -7.00.